The van der Waals surface area contributed by atoms with Crippen LogP contribution in [0.15, 0.2) is 12.3 Å². The van der Waals surface area contributed by atoms with Crippen molar-refractivity contribution in [1.82, 2.24) is 9.38 Å². The maximum absolute atomic E-state index is 5.98. The SMILES string of the molecule is Cc1nc2c(C)cc(Cl)cn2c1C(N)=S. The number of nitrogens with two attached hydrogens (primary N) is 1. The third-order valence-electron chi connectivity index (χ3n) is 2.28. The summed E-state index contributed by atoms with van der Waals surface area (Å²) in [5, 5.41) is 0.648. The Labute approximate surface area is 97.9 Å². The van der Waals surface area contributed by atoms with E-state index < -0.39 is 0 Å². The zero-order valence-electron chi connectivity index (χ0n) is 8.41. The highest BCUT2D eigenvalue weighted by molar-refractivity contribution is 7.80. The number of rotatable bonds is 1. The largest absolute Gasteiger partial charge is 0.388 e. The van der Waals surface area contributed by atoms with Crippen molar-refractivity contribution in [2.45, 2.75) is 13.8 Å². The minimum Gasteiger partial charge on any atom is -0.388 e. The first-order valence-corrected chi connectivity index (χ1v) is 5.24. The molecule has 0 aliphatic heterocycles. The van der Waals surface area contributed by atoms with Gasteiger partial charge in [0.2, 0.25) is 0 Å². The molecule has 2 N–H and O–H groups in total. The smallest absolute Gasteiger partial charge is 0.140 e. The van der Waals surface area contributed by atoms with Gasteiger partial charge in [-0.1, -0.05) is 23.8 Å². The molecule has 2 aromatic heterocycles. The van der Waals surface area contributed by atoms with Crippen molar-refractivity contribution >= 4 is 34.5 Å². The molecule has 0 saturated heterocycles. The Balaban J connectivity index is 2.93. The fraction of sp³-hybridized carbons (Fsp3) is 0.200. The van der Waals surface area contributed by atoms with Crippen molar-refractivity contribution in [2.24, 2.45) is 5.73 Å². The molecule has 0 bridgehead atoms. The molecule has 0 radical (unpaired) electrons. The number of thiocarbonyl (C=S) groups is 1. The lowest BCUT2D eigenvalue weighted by Gasteiger charge is -2.02. The molecule has 0 aliphatic carbocycles. The summed E-state index contributed by atoms with van der Waals surface area (Å²) in [6.45, 7) is 3.84. The minimum atomic E-state index is 0.335. The van der Waals surface area contributed by atoms with Gasteiger partial charge >= 0.3 is 0 Å². The Bertz CT molecular complexity index is 559. The van der Waals surface area contributed by atoms with Crippen molar-refractivity contribution in [1.29, 1.82) is 0 Å². The van der Waals surface area contributed by atoms with Crippen LogP contribution >= 0.6 is 23.8 Å². The summed E-state index contributed by atoms with van der Waals surface area (Å²) in [5.41, 5.74) is 9.09. The van der Waals surface area contributed by atoms with Gasteiger partial charge in [0, 0.05) is 6.20 Å². The molecule has 0 unspecified atom stereocenters. The van der Waals surface area contributed by atoms with Gasteiger partial charge in [0.15, 0.2) is 0 Å². The summed E-state index contributed by atoms with van der Waals surface area (Å²) < 4.78 is 1.84. The van der Waals surface area contributed by atoms with E-state index in [1.54, 1.807) is 6.20 Å². The van der Waals surface area contributed by atoms with Crippen LogP contribution in [0.2, 0.25) is 5.02 Å². The van der Waals surface area contributed by atoms with E-state index in [9.17, 15) is 0 Å². The molecular formula is C10H10ClN3S. The predicted molar refractivity (Wildman–Crippen MR) is 65.6 cm³/mol. The maximum Gasteiger partial charge on any atom is 0.140 e. The van der Waals surface area contributed by atoms with Crippen LogP contribution in [0.5, 0.6) is 0 Å². The van der Waals surface area contributed by atoms with Crippen LogP contribution in [0.25, 0.3) is 5.65 Å². The fourth-order valence-corrected chi connectivity index (χ4v) is 2.19. The molecule has 2 rings (SSSR count). The van der Waals surface area contributed by atoms with E-state index in [0.29, 0.717) is 10.0 Å². The monoisotopic (exact) mass is 239 g/mol. The summed E-state index contributed by atoms with van der Waals surface area (Å²) in [6, 6.07) is 1.87. The first kappa shape index (κ1) is 10.4. The van der Waals surface area contributed by atoms with Crippen LogP contribution in [-0.4, -0.2) is 14.4 Å². The third-order valence-corrected chi connectivity index (χ3v) is 2.68. The molecular weight excluding hydrogens is 230 g/mol. The molecule has 15 heavy (non-hydrogen) atoms. The number of nitrogens with zero attached hydrogens (tertiary/aromatic N) is 2. The average Bonchev–Trinajstić information content (AvgIpc) is 2.41. The standard InChI is InChI=1S/C10H10ClN3S/c1-5-3-7(11)4-14-8(9(12)15)6(2)13-10(5)14/h3-4H,1-2H3,(H2,12,15). The number of hydrogen-bond donors (Lipinski definition) is 1. The molecule has 0 aromatic carbocycles. The van der Waals surface area contributed by atoms with Crippen molar-refractivity contribution in [2.75, 3.05) is 0 Å². The van der Waals surface area contributed by atoms with Gasteiger partial charge in [0.1, 0.15) is 16.3 Å². The van der Waals surface area contributed by atoms with Gasteiger partial charge in [-0.3, -0.25) is 4.40 Å². The molecule has 3 nitrogen and oxygen atoms in total. The van der Waals surface area contributed by atoms with Crippen molar-refractivity contribution in [3.05, 3.63) is 34.2 Å². The second kappa shape index (κ2) is 3.47. The van der Waals surface area contributed by atoms with Gasteiger partial charge in [0.25, 0.3) is 0 Å². The first-order valence-electron chi connectivity index (χ1n) is 4.45. The second-order valence-electron chi connectivity index (χ2n) is 3.45. The number of imidazole rings is 1. The quantitative estimate of drug-likeness (QED) is 0.777. The Morgan fingerprint density at radius 3 is 2.80 bits per heavy atom. The number of aryl methyl sites for hydroxylation is 2. The maximum atomic E-state index is 5.98. The fourth-order valence-electron chi connectivity index (χ4n) is 1.68. The van der Waals surface area contributed by atoms with E-state index in [4.69, 9.17) is 29.6 Å². The lowest BCUT2D eigenvalue weighted by atomic mass is 10.3. The highest BCUT2D eigenvalue weighted by Gasteiger charge is 2.12. The normalized spacial score (nSPS) is 10.9. The van der Waals surface area contributed by atoms with Crippen LogP contribution < -0.4 is 5.73 Å². The lowest BCUT2D eigenvalue weighted by Crippen LogP contribution is -2.13. The second-order valence-corrected chi connectivity index (χ2v) is 4.32. The van der Waals surface area contributed by atoms with Gasteiger partial charge in [-0.25, -0.2) is 4.98 Å². The van der Waals surface area contributed by atoms with E-state index in [1.807, 2.05) is 24.3 Å². The summed E-state index contributed by atoms with van der Waals surface area (Å²) in [6.07, 6.45) is 1.78. The van der Waals surface area contributed by atoms with Crippen LogP contribution in [0.3, 0.4) is 0 Å². The molecule has 5 heteroatoms. The Kier molecular flexibility index (Phi) is 2.40. The van der Waals surface area contributed by atoms with E-state index >= 15 is 0 Å². The van der Waals surface area contributed by atoms with Gasteiger partial charge < -0.3 is 5.73 Å². The molecule has 2 heterocycles. The average molecular weight is 240 g/mol. The van der Waals surface area contributed by atoms with Gasteiger partial charge in [-0.15, -0.1) is 0 Å². The van der Waals surface area contributed by atoms with E-state index in [1.165, 1.54) is 0 Å². The molecule has 0 aliphatic rings. The molecule has 0 saturated carbocycles. The Hall–Kier alpha value is -1.13. The highest BCUT2D eigenvalue weighted by Crippen LogP contribution is 2.19. The first-order chi connectivity index (χ1) is 7.00. The van der Waals surface area contributed by atoms with E-state index in [2.05, 4.69) is 4.98 Å². The molecule has 0 amide bonds. The van der Waals surface area contributed by atoms with Crippen LogP contribution in [0.1, 0.15) is 17.0 Å². The molecule has 0 fully saturated rings. The summed E-state index contributed by atoms with van der Waals surface area (Å²) in [5.74, 6) is 0. The van der Waals surface area contributed by atoms with E-state index in [-0.39, 0.29) is 0 Å². The number of aromatic nitrogens is 2. The summed E-state index contributed by atoms with van der Waals surface area (Å²) in [4.78, 5) is 4.75. The lowest BCUT2D eigenvalue weighted by molar-refractivity contribution is 1.14. The topological polar surface area (TPSA) is 43.3 Å². The third kappa shape index (κ3) is 1.60. The van der Waals surface area contributed by atoms with Gasteiger partial charge in [-0.05, 0) is 25.5 Å². The molecule has 78 valence electrons. The molecule has 0 atom stereocenters. The molecule has 0 spiro atoms. The summed E-state index contributed by atoms with van der Waals surface area (Å²) in [7, 11) is 0. The van der Waals surface area contributed by atoms with Crippen LogP contribution in [0, 0.1) is 13.8 Å². The van der Waals surface area contributed by atoms with E-state index in [0.717, 1.165) is 22.6 Å². The zero-order chi connectivity index (χ0) is 11.2. The number of pyridine rings is 1. The molecule has 2 aromatic rings. The van der Waals surface area contributed by atoms with Crippen LogP contribution in [0.4, 0.5) is 0 Å². The van der Waals surface area contributed by atoms with Crippen molar-refractivity contribution < 1.29 is 0 Å². The Morgan fingerprint density at radius 1 is 1.53 bits per heavy atom. The Morgan fingerprint density at radius 2 is 2.20 bits per heavy atom. The van der Waals surface area contributed by atoms with Crippen molar-refractivity contribution in [3.8, 4) is 0 Å². The van der Waals surface area contributed by atoms with Gasteiger partial charge in [0.05, 0.1) is 10.7 Å². The minimum absolute atomic E-state index is 0.335. The number of fused-ring (bicyclic) bond motifs is 1. The highest BCUT2D eigenvalue weighted by atomic mass is 35.5. The predicted octanol–water partition coefficient (Wildman–Crippen LogP) is 2.24. The van der Waals surface area contributed by atoms with Gasteiger partial charge in [-0.2, -0.15) is 0 Å². The zero-order valence-corrected chi connectivity index (χ0v) is 9.99. The number of hydrogen-bond acceptors (Lipinski definition) is 2. The number of halogens is 1. The summed E-state index contributed by atoms with van der Waals surface area (Å²) >= 11 is 11.0. The van der Waals surface area contributed by atoms with Crippen molar-refractivity contribution in [3.63, 3.8) is 0 Å². The van der Waals surface area contributed by atoms with Crippen LogP contribution in [-0.2, 0) is 0 Å².